The van der Waals surface area contributed by atoms with Crippen LogP contribution < -0.4 is 4.72 Å². The number of carbonyl (C=O) groups excluding carboxylic acids is 1. The maximum absolute atomic E-state index is 12.5. The molecule has 0 saturated heterocycles. The second-order valence-corrected chi connectivity index (χ2v) is 8.12. The van der Waals surface area contributed by atoms with Crippen LogP contribution in [0.2, 0.25) is 0 Å². The highest BCUT2D eigenvalue weighted by atomic mass is 32.2. The molecular weight excluding hydrogens is 366 g/mol. The highest BCUT2D eigenvalue weighted by molar-refractivity contribution is 7.92. The molecule has 1 N–H and O–H groups in total. The van der Waals surface area contributed by atoms with Crippen molar-refractivity contribution in [1.29, 1.82) is 0 Å². The van der Waals surface area contributed by atoms with E-state index in [4.69, 9.17) is 0 Å². The number of ketones is 1. The summed E-state index contributed by atoms with van der Waals surface area (Å²) in [5, 5.41) is 1.95. The number of hydrogen-bond donors (Lipinski definition) is 1. The number of rotatable bonds is 4. The molecule has 3 rings (SSSR count). The molecule has 0 atom stereocenters. The van der Waals surface area contributed by atoms with Crippen molar-refractivity contribution in [2.24, 2.45) is 0 Å². The monoisotopic (exact) mass is 381 g/mol. The van der Waals surface area contributed by atoms with Crippen molar-refractivity contribution in [2.45, 2.75) is 11.8 Å². The third kappa shape index (κ3) is 4.39. The normalized spacial score (nSPS) is 10.7. The molecule has 130 valence electrons. The van der Waals surface area contributed by atoms with Gasteiger partial charge in [-0.2, -0.15) is 0 Å². The van der Waals surface area contributed by atoms with Crippen molar-refractivity contribution < 1.29 is 13.2 Å². The average molecular weight is 381 g/mol. The van der Waals surface area contributed by atoms with Gasteiger partial charge in [-0.3, -0.25) is 9.52 Å². The largest absolute Gasteiger partial charge is 0.295 e. The van der Waals surface area contributed by atoms with E-state index in [1.807, 2.05) is 23.6 Å². The minimum atomic E-state index is -3.74. The van der Waals surface area contributed by atoms with Gasteiger partial charge in [0.15, 0.2) is 5.78 Å². The Morgan fingerprint density at radius 3 is 2.42 bits per heavy atom. The van der Waals surface area contributed by atoms with Gasteiger partial charge < -0.3 is 0 Å². The second kappa shape index (κ2) is 7.56. The summed E-state index contributed by atoms with van der Waals surface area (Å²) in [5.74, 6) is 5.95. The van der Waals surface area contributed by atoms with E-state index in [9.17, 15) is 13.2 Å². The minimum absolute atomic E-state index is 0.0950. The Balaban J connectivity index is 1.81. The van der Waals surface area contributed by atoms with Gasteiger partial charge in [0.05, 0.1) is 15.5 Å². The van der Waals surface area contributed by atoms with Gasteiger partial charge in [0, 0.05) is 11.1 Å². The van der Waals surface area contributed by atoms with Crippen molar-refractivity contribution in [2.75, 3.05) is 4.72 Å². The number of benzene rings is 2. The van der Waals surface area contributed by atoms with Crippen LogP contribution in [0.5, 0.6) is 0 Å². The lowest BCUT2D eigenvalue weighted by Crippen LogP contribution is -2.13. The van der Waals surface area contributed by atoms with Gasteiger partial charge in [-0.05, 0) is 48.7 Å². The van der Waals surface area contributed by atoms with E-state index in [2.05, 4.69) is 16.6 Å². The standard InChI is InChI=1S/C20H15NO3S2/c1-15(22)17-8-11-20(12-9-17)26(23,24)21-18-5-2-4-16(14-18)7-10-19-6-3-13-25-19/h2-6,8-9,11-14,21H,1H3. The van der Waals surface area contributed by atoms with Crippen LogP contribution in [0.4, 0.5) is 5.69 Å². The summed E-state index contributed by atoms with van der Waals surface area (Å²) in [7, 11) is -3.74. The van der Waals surface area contributed by atoms with E-state index < -0.39 is 10.0 Å². The third-order valence-electron chi connectivity index (χ3n) is 3.54. The van der Waals surface area contributed by atoms with Gasteiger partial charge in [0.1, 0.15) is 0 Å². The van der Waals surface area contributed by atoms with E-state index in [1.165, 1.54) is 31.2 Å². The van der Waals surface area contributed by atoms with Crippen molar-refractivity contribution in [3.63, 3.8) is 0 Å². The SMILES string of the molecule is CC(=O)c1ccc(S(=O)(=O)Nc2cccc(C#Cc3cccs3)c2)cc1. The quantitative estimate of drug-likeness (QED) is 0.545. The maximum atomic E-state index is 12.5. The molecule has 0 bridgehead atoms. The van der Waals surface area contributed by atoms with Crippen LogP contribution in [-0.4, -0.2) is 14.2 Å². The summed E-state index contributed by atoms with van der Waals surface area (Å²) in [4.78, 5) is 12.3. The number of hydrogen-bond acceptors (Lipinski definition) is 4. The van der Waals surface area contributed by atoms with Gasteiger partial charge in [-0.15, -0.1) is 11.3 Å². The van der Waals surface area contributed by atoms with Gasteiger partial charge in [0.25, 0.3) is 10.0 Å². The molecule has 0 fully saturated rings. The van der Waals surface area contributed by atoms with Crippen molar-refractivity contribution in [3.05, 3.63) is 82.0 Å². The fourth-order valence-corrected chi connectivity index (χ4v) is 3.85. The molecule has 0 radical (unpaired) electrons. The summed E-state index contributed by atoms with van der Waals surface area (Å²) >= 11 is 1.55. The minimum Gasteiger partial charge on any atom is -0.295 e. The van der Waals surface area contributed by atoms with Crippen molar-refractivity contribution in [3.8, 4) is 11.8 Å². The molecule has 6 heteroatoms. The summed E-state index contributed by atoms with van der Waals surface area (Å²) in [6.45, 7) is 1.44. The lowest BCUT2D eigenvalue weighted by molar-refractivity contribution is 0.101. The van der Waals surface area contributed by atoms with Crippen LogP contribution in [0.25, 0.3) is 0 Å². The third-order valence-corrected chi connectivity index (χ3v) is 5.72. The summed E-state index contributed by atoms with van der Waals surface area (Å²) in [6.07, 6.45) is 0. The molecule has 0 saturated carbocycles. The van der Waals surface area contributed by atoms with Crippen LogP contribution in [0.1, 0.15) is 27.7 Å². The molecule has 4 nitrogen and oxygen atoms in total. The molecule has 2 aromatic carbocycles. The number of nitrogens with one attached hydrogen (secondary N) is 1. The zero-order chi connectivity index (χ0) is 18.6. The number of sulfonamides is 1. The Morgan fingerprint density at radius 1 is 1.00 bits per heavy atom. The van der Waals surface area contributed by atoms with E-state index in [1.54, 1.807) is 29.5 Å². The van der Waals surface area contributed by atoms with Gasteiger partial charge in [0.2, 0.25) is 0 Å². The summed E-state index contributed by atoms with van der Waals surface area (Å²) in [5.41, 5.74) is 1.61. The first-order valence-electron chi connectivity index (χ1n) is 7.73. The first kappa shape index (κ1) is 17.9. The zero-order valence-electron chi connectivity index (χ0n) is 13.9. The van der Waals surface area contributed by atoms with Crippen LogP contribution >= 0.6 is 11.3 Å². The summed E-state index contributed by atoms with van der Waals surface area (Å²) < 4.78 is 27.6. The molecule has 0 unspecified atom stereocenters. The first-order chi connectivity index (χ1) is 12.4. The zero-order valence-corrected chi connectivity index (χ0v) is 15.5. The van der Waals surface area contributed by atoms with Crippen LogP contribution in [-0.2, 0) is 10.0 Å². The van der Waals surface area contributed by atoms with Crippen LogP contribution in [0, 0.1) is 11.8 Å². The predicted molar refractivity (Wildman–Crippen MR) is 104 cm³/mol. The molecule has 26 heavy (non-hydrogen) atoms. The molecule has 0 spiro atoms. The fourth-order valence-electron chi connectivity index (χ4n) is 2.23. The average Bonchev–Trinajstić information content (AvgIpc) is 3.13. The molecule has 1 aromatic heterocycles. The maximum Gasteiger partial charge on any atom is 0.261 e. The Morgan fingerprint density at radius 2 is 1.77 bits per heavy atom. The van der Waals surface area contributed by atoms with E-state index in [0.29, 0.717) is 16.8 Å². The topological polar surface area (TPSA) is 63.2 Å². The molecule has 1 heterocycles. The Labute approximate surface area is 156 Å². The lowest BCUT2D eigenvalue weighted by Gasteiger charge is -2.08. The number of thiophene rings is 1. The highest BCUT2D eigenvalue weighted by Gasteiger charge is 2.14. The number of anilines is 1. The predicted octanol–water partition coefficient (Wildman–Crippen LogP) is 4.15. The Kier molecular flexibility index (Phi) is 5.21. The molecule has 0 aliphatic rings. The Hall–Kier alpha value is -2.88. The fraction of sp³-hybridized carbons (Fsp3) is 0.0500. The van der Waals surface area contributed by atoms with Crippen molar-refractivity contribution >= 4 is 32.8 Å². The second-order valence-electron chi connectivity index (χ2n) is 5.49. The molecular formula is C20H15NO3S2. The first-order valence-corrected chi connectivity index (χ1v) is 10.1. The van der Waals surface area contributed by atoms with Gasteiger partial charge >= 0.3 is 0 Å². The van der Waals surface area contributed by atoms with E-state index in [0.717, 1.165) is 4.88 Å². The number of Topliss-reactive ketones (excluding diaryl/α,β-unsaturated/α-hetero) is 1. The number of carbonyl (C=O) groups is 1. The van der Waals surface area contributed by atoms with E-state index in [-0.39, 0.29) is 10.7 Å². The van der Waals surface area contributed by atoms with Gasteiger partial charge in [-0.25, -0.2) is 8.42 Å². The molecule has 0 aliphatic heterocycles. The molecule has 0 amide bonds. The lowest BCUT2D eigenvalue weighted by atomic mass is 10.2. The van der Waals surface area contributed by atoms with Crippen LogP contribution in [0.15, 0.2) is 70.9 Å². The summed E-state index contributed by atoms with van der Waals surface area (Å²) in [6, 6.07) is 16.6. The van der Waals surface area contributed by atoms with E-state index >= 15 is 0 Å². The highest BCUT2D eigenvalue weighted by Crippen LogP contribution is 2.18. The molecule has 3 aromatic rings. The molecule has 0 aliphatic carbocycles. The Bertz CT molecular complexity index is 1090. The van der Waals surface area contributed by atoms with Crippen LogP contribution in [0.3, 0.4) is 0 Å². The smallest absolute Gasteiger partial charge is 0.261 e. The van der Waals surface area contributed by atoms with Gasteiger partial charge in [-0.1, -0.05) is 36.1 Å². The van der Waals surface area contributed by atoms with Crippen molar-refractivity contribution in [1.82, 2.24) is 0 Å².